The molecule has 1 aromatic rings. The fourth-order valence-electron chi connectivity index (χ4n) is 2.40. The van der Waals surface area contributed by atoms with Gasteiger partial charge in [0, 0.05) is 13.1 Å². The van der Waals surface area contributed by atoms with Crippen LogP contribution in [-0.4, -0.2) is 18.0 Å². The van der Waals surface area contributed by atoms with Crippen LogP contribution in [0.3, 0.4) is 0 Å². The molecule has 1 aliphatic heterocycles. The average Bonchev–Trinajstić information content (AvgIpc) is 2.29. The molecule has 2 rings (SSSR count). The average molecular weight is 252 g/mol. The quantitative estimate of drug-likeness (QED) is 0.597. The minimum atomic E-state index is -0.558. The fourth-order valence-corrected chi connectivity index (χ4v) is 2.40. The van der Waals surface area contributed by atoms with Crippen LogP contribution in [0.4, 0.5) is 15.8 Å². The molecule has 1 aliphatic rings. The van der Waals surface area contributed by atoms with Crippen molar-refractivity contribution in [1.29, 1.82) is 0 Å². The summed E-state index contributed by atoms with van der Waals surface area (Å²) in [6, 6.07) is 3.82. The Morgan fingerprint density at radius 2 is 1.72 bits per heavy atom. The van der Waals surface area contributed by atoms with Gasteiger partial charge in [-0.25, -0.2) is 4.39 Å². The van der Waals surface area contributed by atoms with E-state index in [0.29, 0.717) is 5.69 Å². The van der Waals surface area contributed by atoms with E-state index >= 15 is 0 Å². The zero-order valence-corrected chi connectivity index (χ0v) is 10.3. The van der Waals surface area contributed by atoms with Gasteiger partial charge in [0.15, 0.2) is 0 Å². The molecule has 0 aliphatic carbocycles. The zero-order valence-electron chi connectivity index (χ0n) is 10.3. The number of hydrogen-bond donors (Lipinski definition) is 0. The lowest BCUT2D eigenvalue weighted by molar-refractivity contribution is -0.384. The Morgan fingerprint density at radius 3 is 2.33 bits per heavy atom. The summed E-state index contributed by atoms with van der Waals surface area (Å²) in [5.41, 5.74) is 0.416. The van der Waals surface area contributed by atoms with Crippen LogP contribution >= 0.6 is 0 Å². The molecule has 0 unspecified atom stereocenters. The lowest BCUT2D eigenvalue weighted by Crippen LogP contribution is -2.27. The topological polar surface area (TPSA) is 46.4 Å². The molecule has 4 nitrogen and oxygen atoms in total. The highest BCUT2D eigenvalue weighted by Crippen LogP contribution is 2.30. The van der Waals surface area contributed by atoms with Gasteiger partial charge in [0.1, 0.15) is 11.5 Å². The summed E-state index contributed by atoms with van der Waals surface area (Å²) in [6.07, 6.45) is 5.62. The number of anilines is 1. The number of halogens is 1. The number of nitro groups is 1. The first-order valence-electron chi connectivity index (χ1n) is 6.37. The zero-order chi connectivity index (χ0) is 13.0. The van der Waals surface area contributed by atoms with Gasteiger partial charge in [-0.15, -0.1) is 0 Å². The van der Waals surface area contributed by atoms with Crippen LogP contribution in [0, 0.1) is 15.9 Å². The third kappa shape index (κ3) is 2.97. The smallest absolute Gasteiger partial charge is 0.295 e. The summed E-state index contributed by atoms with van der Waals surface area (Å²) < 4.78 is 13.1. The van der Waals surface area contributed by atoms with Crippen molar-refractivity contribution in [3.63, 3.8) is 0 Å². The molecule has 0 N–H and O–H groups in total. The van der Waals surface area contributed by atoms with Gasteiger partial charge in [-0.2, -0.15) is 0 Å². The molecule has 1 saturated heterocycles. The van der Waals surface area contributed by atoms with Crippen molar-refractivity contribution < 1.29 is 9.31 Å². The summed E-state index contributed by atoms with van der Waals surface area (Å²) in [5.74, 6) is -0.558. The number of benzene rings is 1. The summed E-state index contributed by atoms with van der Waals surface area (Å²) in [7, 11) is 0. The minimum Gasteiger partial charge on any atom is -0.366 e. The predicted octanol–water partition coefficient (Wildman–Crippen LogP) is 3.50. The third-order valence-electron chi connectivity index (χ3n) is 3.33. The first-order chi connectivity index (χ1) is 8.68. The maximum absolute atomic E-state index is 13.1. The van der Waals surface area contributed by atoms with E-state index in [1.807, 2.05) is 4.90 Å². The lowest BCUT2D eigenvalue weighted by atomic mass is 10.1. The standard InChI is InChI=1S/C13H17FN2O2/c14-11-6-7-12(13(10-11)16(17)18)15-8-4-2-1-3-5-9-15/h6-7,10H,1-5,8-9H2. The predicted molar refractivity (Wildman–Crippen MR) is 68.4 cm³/mol. The van der Waals surface area contributed by atoms with Crippen LogP contribution in [0.25, 0.3) is 0 Å². The monoisotopic (exact) mass is 252 g/mol. The van der Waals surface area contributed by atoms with E-state index in [0.717, 1.165) is 44.8 Å². The van der Waals surface area contributed by atoms with Crippen molar-refractivity contribution in [3.8, 4) is 0 Å². The Kier molecular flexibility index (Phi) is 4.12. The first-order valence-corrected chi connectivity index (χ1v) is 6.37. The molecule has 5 heteroatoms. The molecule has 1 heterocycles. The number of hydrogen-bond acceptors (Lipinski definition) is 3. The molecule has 0 atom stereocenters. The van der Waals surface area contributed by atoms with Crippen molar-refractivity contribution in [3.05, 3.63) is 34.1 Å². The van der Waals surface area contributed by atoms with Gasteiger partial charge in [0.2, 0.25) is 0 Å². The molecule has 0 saturated carbocycles. The van der Waals surface area contributed by atoms with Gasteiger partial charge in [0.25, 0.3) is 5.69 Å². The van der Waals surface area contributed by atoms with Crippen molar-refractivity contribution >= 4 is 11.4 Å². The van der Waals surface area contributed by atoms with Crippen LogP contribution in [0.15, 0.2) is 18.2 Å². The SMILES string of the molecule is O=[N+]([O-])c1cc(F)ccc1N1CCCCCCC1. The minimum absolute atomic E-state index is 0.129. The molecule has 1 fully saturated rings. The molecule has 98 valence electrons. The van der Waals surface area contributed by atoms with E-state index in [9.17, 15) is 14.5 Å². The van der Waals surface area contributed by atoms with Crippen LogP contribution in [0.2, 0.25) is 0 Å². The maximum Gasteiger partial charge on any atom is 0.295 e. The summed E-state index contributed by atoms with van der Waals surface area (Å²) in [4.78, 5) is 12.5. The van der Waals surface area contributed by atoms with Gasteiger partial charge in [0.05, 0.1) is 11.0 Å². The molecule has 0 aromatic heterocycles. The van der Waals surface area contributed by atoms with Crippen molar-refractivity contribution in [2.75, 3.05) is 18.0 Å². The molecule has 1 aromatic carbocycles. The molecular weight excluding hydrogens is 235 g/mol. The Hall–Kier alpha value is -1.65. The summed E-state index contributed by atoms with van der Waals surface area (Å²) in [5, 5.41) is 11.0. The third-order valence-corrected chi connectivity index (χ3v) is 3.33. The summed E-state index contributed by atoms with van der Waals surface area (Å²) >= 11 is 0. The molecule has 0 radical (unpaired) electrons. The van der Waals surface area contributed by atoms with Crippen molar-refractivity contribution in [2.24, 2.45) is 0 Å². The highest BCUT2D eigenvalue weighted by molar-refractivity contribution is 5.63. The molecule has 0 bridgehead atoms. The second-order valence-electron chi connectivity index (χ2n) is 4.64. The van der Waals surface area contributed by atoms with Gasteiger partial charge >= 0.3 is 0 Å². The lowest BCUT2D eigenvalue weighted by Gasteiger charge is -2.26. The first kappa shape index (κ1) is 12.8. The maximum atomic E-state index is 13.1. The normalized spacial score (nSPS) is 17.1. The molecule has 0 amide bonds. The van der Waals surface area contributed by atoms with Gasteiger partial charge in [-0.3, -0.25) is 10.1 Å². The van der Waals surface area contributed by atoms with Gasteiger partial charge in [-0.05, 0) is 25.0 Å². The Balaban J connectivity index is 2.27. The fraction of sp³-hybridized carbons (Fsp3) is 0.538. The summed E-state index contributed by atoms with van der Waals surface area (Å²) in [6.45, 7) is 1.62. The van der Waals surface area contributed by atoms with E-state index < -0.39 is 10.7 Å². The van der Waals surface area contributed by atoms with Crippen LogP contribution in [0.5, 0.6) is 0 Å². The molecule has 0 spiro atoms. The second-order valence-corrected chi connectivity index (χ2v) is 4.64. The van der Waals surface area contributed by atoms with E-state index in [-0.39, 0.29) is 5.69 Å². The highest BCUT2D eigenvalue weighted by Gasteiger charge is 2.20. The van der Waals surface area contributed by atoms with E-state index in [1.165, 1.54) is 18.6 Å². The second kappa shape index (κ2) is 5.80. The number of nitro benzene ring substituents is 1. The van der Waals surface area contributed by atoms with E-state index in [1.54, 1.807) is 0 Å². The Bertz CT molecular complexity index is 429. The number of nitrogens with zero attached hydrogens (tertiary/aromatic N) is 2. The van der Waals surface area contributed by atoms with Crippen LogP contribution in [0.1, 0.15) is 32.1 Å². The van der Waals surface area contributed by atoms with Crippen molar-refractivity contribution in [1.82, 2.24) is 0 Å². The van der Waals surface area contributed by atoms with Gasteiger partial charge in [-0.1, -0.05) is 19.3 Å². The molecular formula is C13H17FN2O2. The largest absolute Gasteiger partial charge is 0.366 e. The van der Waals surface area contributed by atoms with Gasteiger partial charge < -0.3 is 4.90 Å². The van der Waals surface area contributed by atoms with Crippen LogP contribution < -0.4 is 4.90 Å². The van der Waals surface area contributed by atoms with Crippen LogP contribution in [-0.2, 0) is 0 Å². The molecule has 18 heavy (non-hydrogen) atoms. The Labute approximate surface area is 106 Å². The van der Waals surface area contributed by atoms with E-state index in [2.05, 4.69) is 0 Å². The highest BCUT2D eigenvalue weighted by atomic mass is 19.1. The van der Waals surface area contributed by atoms with E-state index in [4.69, 9.17) is 0 Å². The number of rotatable bonds is 2. The van der Waals surface area contributed by atoms with Crippen molar-refractivity contribution in [2.45, 2.75) is 32.1 Å². The Morgan fingerprint density at radius 1 is 1.11 bits per heavy atom.